The molecular formula is C14H18N2O6. The van der Waals surface area contributed by atoms with E-state index in [1.54, 1.807) is 6.92 Å². The van der Waals surface area contributed by atoms with Crippen LogP contribution < -0.4 is 5.73 Å². The van der Waals surface area contributed by atoms with E-state index in [9.17, 15) is 24.6 Å². The number of primary amides is 1. The average Bonchev–Trinajstić information content (AvgIpc) is 2.64. The zero-order chi connectivity index (χ0) is 16.6. The highest BCUT2D eigenvalue weighted by Gasteiger charge is 2.59. The number of rotatable bonds is 5. The third-order valence-corrected chi connectivity index (χ3v) is 4.05. The molecule has 0 aliphatic carbocycles. The minimum Gasteiger partial charge on any atom is -0.477 e. The van der Waals surface area contributed by atoms with E-state index >= 15 is 0 Å². The number of allylic oxidation sites excluding steroid dienone is 1. The van der Waals surface area contributed by atoms with Crippen LogP contribution in [0.1, 0.15) is 13.8 Å². The monoisotopic (exact) mass is 310 g/mol. The molecule has 120 valence electrons. The number of aliphatic hydroxyl groups is 1. The molecule has 0 bridgehead atoms. The molecule has 1 saturated heterocycles. The molecule has 0 spiro atoms. The van der Waals surface area contributed by atoms with Gasteiger partial charge in [-0.3, -0.25) is 4.79 Å². The van der Waals surface area contributed by atoms with Crippen molar-refractivity contribution in [1.82, 2.24) is 4.90 Å². The van der Waals surface area contributed by atoms with E-state index in [1.807, 2.05) is 0 Å². The van der Waals surface area contributed by atoms with Gasteiger partial charge in [-0.15, -0.1) is 0 Å². The lowest BCUT2D eigenvalue weighted by Crippen LogP contribution is -2.63. The van der Waals surface area contributed by atoms with Crippen LogP contribution in [0.5, 0.6) is 0 Å². The number of aliphatic hydroxyl groups excluding tert-OH is 1. The van der Waals surface area contributed by atoms with Crippen molar-refractivity contribution in [2.24, 2.45) is 17.6 Å². The maximum absolute atomic E-state index is 12.1. The van der Waals surface area contributed by atoms with Crippen LogP contribution in [0.15, 0.2) is 23.4 Å². The summed E-state index contributed by atoms with van der Waals surface area (Å²) in [5.74, 6) is -2.44. The average molecular weight is 310 g/mol. The van der Waals surface area contributed by atoms with Gasteiger partial charge in [0.2, 0.25) is 5.91 Å². The molecule has 0 aromatic carbocycles. The number of carboxylic acid groups (broad SMARTS) is 1. The number of carboxylic acids is 1. The lowest BCUT2D eigenvalue weighted by molar-refractivity contribution is -0.163. The minimum absolute atomic E-state index is 0.0864. The second-order valence-corrected chi connectivity index (χ2v) is 5.40. The highest BCUT2D eigenvalue weighted by molar-refractivity contribution is 6.00. The Morgan fingerprint density at radius 1 is 1.50 bits per heavy atom. The van der Waals surface area contributed by atoms with Gasteiger partial charge < -0.3 is 25.6 Å². The molecule has 0 unspecified atom stereocenters. The number of ether oxygens (including phenoxy) is 1. The maximum Gasteiger partial charge on any atom is 0.404 e. The molecule has 4 atom stereocenters. The van der Waals surface area contributed by atoms with Crippen LogP contribution in [-0.2, 0) is 14.3 Å². The first-order valence-corrected chi connectivity index (χ1v) is 6.84. The molecule has 1 fully saturated rings. The van der Waals surface area contributed by atoms with Gasteiger partial charge in [-0.2, -0.15) is 0 Å². The van der Waals surface area contributed by atoms with E-state index in [4.69, 9.17) is 5.73 Å². The summed E-state index contributed by atoms with van der Waals surface area (Å²) >= 11 is 0. The molecule has 8 heteroatoms. The topological polar surface area (TPSA) is 130 Å². The van der Waals surface area contributed by atoms with Gasteiger partial charge in [-0.1, -0.05) is 13.0 Å². The first-order chi connectivity index (χ1) is 10.3. The van der Waals surface area contributed by atoms with Gasteiger partial charge in [0, 0.05) is 5.92 Å². The highest BCUT2D eigenvalue weighted by atomic mass is 16.5. The molecule has 0 aromatic heterocycles. The van der Waals surface area contributed by atoms with E-state index in [2.05, 4.69) is 4.74 Å². The van der Waals surface area contributed by atoms with Crippen molar-refractivity contribution in [1.29, 1.82) is 0 Å². The Balaban J connectivity index is 2.25. The normalized spacial score (nSPS) is 28.6. The molecule has 2 amide bonds. The SMILES string of the molecule is C[C@@H](O)[C@H]1C(=O)N2C(C(=O)O)=C(/C=C/COC(N)=O)[C@H](C)[C@H]12. The lowest BCUT2D eigenvalue weighted by atomic mass is 9.78. The fraction of sp³-hybridized carbons (Fsp3) is 0.500. The van der Waals surface area contributed by atoms with Gasteiger partial charge in [0.05, 0.1) is 18.1 Å². The van der Waals surface area contributed by atoms with Gasteiger partial charge in [0.25, 0.3) is 0 Å². The van der Waals surface area contributed by atoms with Gasteiger partial charge in [0.15, 0.2) is 0 Å². The van der Waals surface area contributed by atoms with Crippen LogP contribution in [0.3, 0.4) is 0 Å². The van der Waals surface area contributed by atoms with Crippen molar-refractivity contribution >= 4 is 18.0 Å². The molecule has 2 aliphatic rings. The van der Waals surface area contributed by atoms with Crippen molar-refractivity contribution in [3.63, 3.8) is 0 Å². The predicted octanol–water partition coefficient (Wildman–Crippen LogP) is -0.166. The third-order valence-electron chi connectivity index (χ3n) is 4.05. The summed E-state index contributed by atoms with van der Waals surface area (Å²) in [4.78, 5) is 35.2. The van der Waals surface area contributed by atoms with Crippen LogP contribution in [0.25, 0.3) is 0 Å². The van der Waals surface area contributed by atoms with Crippen molar-refractivity contribution in [3.8, 4) is 0 Å². The lowest BCUT2D eigenvalue weighted by Gasteiger charge is -2.46. The van der Waals surface area contributed by atoms with Crippen molar-refractivity contribution < 1.29 is 29.3 Å². The van der Waals surface area contributed by atoms with E-state index in [0.29, 0.717) is 5.57 Å². The Bertz CT molecular complexity index is 580. The Labute approximate surface area is 126 Å². The quantitative estimate of drug-likeness (QED) is 0.605. The highest BCUT2D eigenvalue weighted by Crippen LogP contribution is 2.47. The summed E-state index contributed by atoms with van der Waals surface area (Å²) in [6.07, 6.45) is 1.21. The standard InChI is InChI=1S/C14H18N2O6/c1-6-8(4-3-5-22-14(15)21)11(13(19)20)16-10(6)9(7(2)17)12(16)18/h3-4,6-7,9-10,17H,5H2,1-2H3,(H2,15,21)(H,19,20)/b4-3+/t6-,7+,9+,10+/m0/s1. The molecule has 0 radical (unpaired) electrons. The fourth-order valence-corrected chi connectivity index (χ4v) is 3.12. The smallest absolute Gasteiger partial charge is 0.404 e. The summed E-state index contributed by atoms with van der Waals surface area (Å²) in [5.41, 5.74) is 5.20. The molecule has 2 heterocycles. The summed E-state index contributed by atoms with van der Waals surface area (Å²) in [6.45, 7) is 3.22. The number of nitrogens with zero attached hydrogens (tertiary/aromatic N) is 1. The van der Waals surface area contributed by atoms with Crippen LogP contribution in [0.4, 0.5) is 4.79 Å². The number of fused-ring (bicyclic) bond motifs is 1. The second kappa shape index (κ2) is 5.80. The first kappa shape index (κ1) is 16.0. The number of hydrogen-bond acceptors (Lipinski definition) is 5. The molecule has 2 rings (SSSR count). The minimum atomic E-state index is -1.21. The summed E-state index contributed by atoms with van der Waals surface area (Å²) in [7, 11) is 0. The number of amides is 2. The molecule has 8 nitrogen and oxygen atoms in total. The molecule has 2 aliphatic heterocycles. The number of nitrogens with two attached hydrogens (primary N) is 1. The summed E-state index contributed by atoms with van der Waals surface area (Å²) in [5, 5.41) is 19.0. The zero-order valence-electron chi connectivity index (χ0n) is 12.2. The predicted molar refractivity (Wildman–Crippen MR) is 74.3 cm³/mol. The first-order valence-electron chi connectivity index (χ1n) is 6.84. The number of carbonyl (C=O) groups is 3. The zero-order valence-corrected chi connectivity index (χ0v) is 12.2. The van der Waals surface area contributed by atoms with Crippen LogP contribution in [0, 0.1) is 11.8 Å². The van der Waals surface area contributed by atoms with Gasteiger partial charge >= 0.3 is 12.1 Å². The molecule has 22 heavy (non-hydrogen) atoms. The van der Waals surface area contributed by atoms with Crippen LogP contribution >= 0.6 is 0 Å². The van der Waals surface area contributed by atoms with Gasteiger partial charge in [0.1, 0.15) is 12.3 Å². The number of aliphatic carboxylic acids is 1. The molecule has 0 saturated carbocycles. The van der Waals surface area contributed by atoms with Crippen molar-refractivity contribution in [2.75, 3.05) is 6.61 Å². The van der Waals surface area contributed by atoms with E-state index in [-0.39, 0.29) is 30.2 Å². The number of carbonyl (C=O) groups excluding carboxylic acids is 2. The summed E-state index contributed by atoms with van der Waals surface area (Å²) < 4.78 is 4.54. The molecular weight excluding hydrogens is 292 g/mol. The van der Waals surface area contributed by atoms with Crippen molar-refractivity contribution in [2.45, 2.75) is 26.0 Å². The number of β-lactam (4-membered cyclic amide) rings is 1. The Kier molecular flexibility index (Phi) is 4.23. The Morgan fingerprint density at radius 2 is 2.14 bits per heavy atom. The van der Waals surface area contributed by atoms with E-state index in [0.717, 1.165) is 0 Å². The Morgan fingerprint density at radius 3 is 2.64 bits per heavy atom. The van der Waals surface area contributed by atoms with Gasteiger partial charge in [-0.25, -0.2) is 9.59 Å². The largest absolute Gasteiger partial charge is 0.477 e. The summed E-state index contributed by atoms with van der Waals surface area (Å²) in [6, 6.07) is -0.365. The number of hydrogen-bond donors (Lipinski definition) is 3. The molecule has 4 N–H and O–H groups in total. The fourth-order valence-electron chi connectivity index (χ4n) is 3.12. The molecule has 0 aromatic rings. The van der Waals surface area contributed by atoms with E-state index < -0.39 is 24.1 Å². The maximum atomic E-state index is 12.1. The third kappa shape index (κ3) is 2.45. The van der Waals surface area contributed by atoms with Crippen molar-refractivity contribution in [3.05, 3.63) is 23.4 Å². The van der Waals surface area contributed by atoms with Gasteiger partial charge in [-0.05, 0) is 18.6 Å². The second-order valence-electron chi connectivity index (χ2n) is 5.40. The van der Waals surface area contributed by atoms with Crippen LogP contribution in [-0.4, -0.2) is 51.8 Å². The van der Waals surface area contributed by atoms with E-state index in [1.165, 1.54) is 24.0 Å². The van der Waals surface area contributed by atoms with Crippen LogP contribution in [0.2, 0.25) is 0 Å². The Hall–Kier alpha value is -2.35.